The van der Waals surface area contributed by atoms with Gasteiger partial charge in [0.1, 0.15) is 0 Å². The average molecular weight is 395 g/mol. The molecule has 1 amide bonds. The molecular weight excluding hydrogens is 368 g/mol. The summed E-state index contributed by atoms with van der Waals surface area (Å²) < 4.78 is 2.07. The maximum absolute atomic E-state index is 12.8. The zero-order valence-corrected chi connectivity index (χ0v) is 17.8. The largest absolute Gasteiger partial charge is 0.325 e. The Morgan fingerprint density at radius 3 is 2.32 bits per heavy atom. The van der Waals surface area contributed by atoms with E-state index >= 15 is 0 Å². The molecule has 0 radical (unpaired) electrons. The van der Waals surface area contributed by atoms with E-state index in [0.717, 1.165) is 45.5 Å². The maximum Gasteiger partial charge on any atom is 0.237 e. The molecule has 0 spiro atoms. The molecule has 0 bridgehead atoms. The third-order valence-electron chi connectivity index (χ3n) is 4.80. The number of hydrogen-bond acceptors (Lipinski definition) is 4. The molecule has 5 nitrogen and oxygen atoms in total. The van der Waals surface area contributed by atoms with Crippen molar-refractivity contribution >= 4 is 23.4 Å². The normalized spacial score (nSPS) is 12.0. The smallest absolute Gasteiger partial charge is 0.237 e. The predicted octanol–water partition coefficient (Wildman–Crippen LogP) is 5.01. The molecule has 6 heteroatoms. The van der Waals surface area contributed by atoms with Crippen molar-refractivity contribution < 1.29 is 4.79 Å². The van der Waals surface area contributed by atoms with Crippen molar-refractivity contribution in [3.8, 4) is 11.4 Å². The van der Waals surface area contributed by atoms with Crippen LogP contribution in [0.25, 0.3) is 11.4 Å². The van der Waals surface area contributed by atoms with Crippen molar-refractivity contribution in [2.24, 2.45) is 0 Å². The minimum atomic E-state index is -0.293. The molecule has 1 N–H and O–H groups in total. The van der Waals surface area contributed by atoms with Crippen LogP contribution in [0.3, 0.4) is 0 Å². The van der Waals surface area contributed by atoms with Crippen molar-refractivity contribution in [1.29, 1.82) is 0 Å². The van der Waals surface area contributed by atoms with E-state index in [1.165, 1.54) is 11.8 Å². The summed E-state index contributed by atoms with van der Waals surface area (Å²) >= 11 is 1.43. The van der Waals surface area contributed by atoms with Gasteiger partial charge in [-0.2, -0.15) is 0 Å². The van der Waals surface area contributed by atoms with Gasteiger partial charge in [-0.15, -0.1) is 10.2 Å². The summed E-state index contributed by atoms with van der Waals surface area (Å²) in [5, 5.41) is 12.3. The van der Waals surface area contributed by atoms with Crippen LogP contribution in [-0.2, 0) is 11.3 Å². The summed E-state index contributed by atoms with van der Waals surface area (Å²) in [6.45, 7) is 10.8. The zero-order valence-electron chi connectivity index (χ0n) is 17.0. The molecule has 2 aromatic carbocycles. The van der Waals surface area contributed by atoms with Crippen LogP contribution in [0, 0.1) is 20.8 Å². The van der Waals surface area contributed by atoms with E-state index in [2.05, 4.69) is 46.1 Å². The van der Waals surface area contributed by atoms with Crippen molar-refractivity contribution in [3.05, 3.63) is 59.2 Å². The van der Waals surface area contributed by atoms with Crippen LogP contribution in [0.5, 0.6) is 0 Å². The molecule has 0 aliphatic rings. The van der Waals surface area contributed by atoms with E-state index in [0.29, 0.717) is 0 Å². The summed E-state index contributed by atoms with van der Waals surface area (Å²) in [7, 11) is 0. The second-order valence-corrected chi connectivity index (χ2v) is 8.19. The minimum absolute atomic E-state index is 0.0366. The fraction of sp³-hybridized carbons (Fsp3) is 0.318. The summed E-state index contributed by atoms with van der Waals surface area (Å²) in [5.41, 5.74) is 5.23. The van der Waals surface area contributed by atoms with Gasteiger partial charge in [0.15, 0.2) is 11.0 Å². The highest BCUT2D eigenvalue weighted by Crippen LogP contribution is 2.29. The van der Waals surface area contributed by atoms with Crippen LogP contribution in [0.1, 0.15) is 30.5 Å². The molecule has 0 aliphatic heterocycles. The Bertz CT molecular complexity index is 976. The highest BCUT2D eigenvalue weighted by molar-refractivity contribution is 8.00. The molecule has 0 aliphatic carbocycles. The number of carbonyl (C=O) groups excluding carboxylic acids is 1. The fourth-order valence-electron chi connectivity index (χ4n) is 3.13. The predicted molar refractivity (Wildman–Crippen MR) is 116 cm³/mol. The van der Waals surface area contributed by atoms with E-state index in [9.17, 15) is 4.79 Å². The Balaban J connectivity index is 1.80. The number of nitrogens with zero attached hydrogens (tertiary/aromatic N) is 3. The molecular formula is C22H26N4OS. The lowest BCUT2D eigenvalue weighted by molar-refractivity contribution is -0.115. The van der Waals surface area contributed by atoms with Gasteiger partial charge in [0.05, 0.1) is 5.25 Å². The second-order valence-electron chi connectivity index (χ2n) is 6.88. The molecule has 3 rings (SSSR count). The van der Waals surface area contributed by atoms with Gasteiger partial charge < -0.3 is 9.88 Å². The van der Waals surface area contributed by atoms with Crippen LogP contribution >= 0.6 is 11.8 Å². The Morgan fingerprint density at radius 1 is 1.04 bits per heavy atom. The lowest BCUT2D eigenvalue weighted by Crippen LogP contribution is -2.24. The Labute approximate surface area is 170 Å². The van der Waals surface area contributed by atoms with Gasteiger partial charge in [0, 0.05) is 17.8 Å². The van der Waals surface area contributed by atoms with Crippen molar-refractivity contribution in [2.45, 2.75) is 51.6 Å². The summed E-state index contributed by atoms with van der Waals surface area (Å²) in [5.74, 6) is 0.802. The number of benzene rings is 2. The summed E-state index contributed by atoms with van der Waals surface area (Å²) in [6, 6.07) is 14.1. The monoisotopic (exact) mass is 394 g/mol. The Kier molecular flexibility index (Phi) is 6.19. The number of rotatable bonds is 6. The highest BCUT2D eigenvalue weighted by atomic mass is 32.2. The van der Waals surface area contributed by atoms with Gasteiger partial charge in [-0.1, -0.05) is 54.2 Å². The fourth-order valence-corrected chi connectivity index (χ4v) is 4.05. The molecule has 1 aromatic heterocycles. The first kappa shape index (κ1) is 20.1. The van der Waals surface area contributed by atoms with Gasteiger partial charge in [-0.05, 0) is 51.3 Å². The van der Waals surface area contributed by atoms with Gasteiger partial charge in [-0.3, -0.25) is 4.79 Å². The van der Waals surface area contributed by atoms with Crippen LogP contribution < -0.4 is 5.32 Å². The molecule has 0 fully saturated rings. The van der Waals surface area contributed by atoms with E-state index in [-0.39, 0.29) is 11.2 Å². The van der Waals surface area contributed by atoms with E-state index in [1.807, 2.05) is 51.1 Å². The quantitative estimate of drug-likeness (QED) is 0.597. The van der Waals surface area contributed by atoms with Gasteiger partial charge in [0.2, 0.25) is 5.91 Å². The lowest BCUT2D eigenvalue weighted by atomic mass is 10.1. The van der Waals surface area contributed by atoms with Gasteiger partial charge >= 0.3 is 0 Å². The first-order valence-corrected chi connectivity index (χ1v) is 10.3. The molecule has 146 valence electrons. The van der Waals surface area contributed by atoms with Crippen LogP contribution in [0.15, 0.2) is 47.6 Å². The zero-order chi connectivity index (χ0) is 20.3. The molecule has 0 unspecified atom stereocenters. The molecule has 1 heterocycles. The first-order chi connectivity index (χ1) is 13.4. The Hall–Kier alpha value is -2.60. The topological polar surface area (TPSA) is 59.8 Å². The minimum Gasteiger partial charge on any atom is -0.325 e. The van der Waals surface area contributed by atoms with E-state index < -0.39 is 0 Å². The number of para-hydroxylation sites is 1. The SMILES string of the molecule is CCn1c(S[C@H](C)C(=O)Nc2c(C)cccc2C)nnc1-c1ccccc1C. The number of carbonyl (C=O) groups is 1. The highest BCUT2D eigenvalue weighted by Gasteiger charge is 2.21. The average Bonchev–Trinajstić information content (AvgIpc) is 3.07. The number of nitrogens with one attached hydrogen (secondary N) is 1. The molecule has 1 atom stereocenters. The van der Waals surface area contributed by atoms with Crippen molar-refractivity contribution in [3.63, 3.8) is 0 Å². The van der Waals surface area contributed by atoms with E-state index in [4.69, 9.17) is 0 Å². The third kappa shape index (κ3) is 4.12. The standard InChI is InChI=1S/C22H26N4OS/c1-6-26-20(18-13-8-7-10-14(18)2)24-25-22(26)28-17(5)21(27)23-19-15(3)11-9-12-16(19)4/h7-13,17H,6H2,1-5H3,(H,23,27)/t17-/m1/s1. The summed E-state index contributed by atoms with van der Waals surface area (Å²) in [4.78, 5) is 12.8. The number of amides is 1. The van der Waals surface area contributed by atoms with Crippen LogP contribution in [0.4, 0.5) is 5.69 Å². The molecule has 28 heavy (non-hydrogen) atoms. The number of hydrogen-bond donors (Lipinski definition) is 1. The number of thioether (sulfide) groups is 1. The third-order valence-corrected chi connectivity index (χ3v) is 5.88. The number of anilines is 1. The maximum atomic E-state index is 12.8. The van der Waals surface area contributed by atoms with Gasteiger partial charge in [0.25, 0.3) is 0 Å². The van der Waals surface area contributed by atoms with E-state index in [1.54, 1.807) is 0 Å². The van der Waals surface area contributed by atoms with Crippen LogP contribution in [-0.4, -0.2) is 25.9 Å². The first-order valence-electron chi connectivity index (χ1n) is 9.45. The molecule has 3 aromatic rings. The van der Waals surface area contributed by atoms with Crippen molar-refractivity contribution in [1.82, 2.24) is 14.8 Å². The second kappa shape index (κ2) is 8.61. The molecule has 0 saturated heterocycles. The number of aromatic nitrogens is 3. The van der Waals surface area contributed by atoms with Gasteiger partial charge in [-0.25, -0.2) is 0 Å². The molecule has 0 saturated carbocycles. The Morgan fingerprint density at radius 2 is 1.68 bits per heavy atom. The summed E-state index contributed by atoms with van der Waals surface area (Å²) in [6.07, 6.45) is 0. The number of aryl methyl sites for hydroxylation is 3. The van der Waals surface area contributed by atoms with Crippen molar-refractivity contribution in [2.75, 3.05) is 5.32 Å². The van der Waals surface area contributed by atoms with Crippen LogP contribution in [0.2, 0.25) is 0 Å². The lowest BCUT2D eigenvalue weighted by Gasteiger charge is -2.15.